The van der Waals surface area contributed by atoms with Crippen molar-refractivity contribution >= 4 is 5.91 Å². The van der Waals surface area contributed by atoms with Crippen molar-refractivity contribution in [2.75, 3.05) is 26.9 Å². The summed E-state index contributed by atoms with van der Waals surface area (Å²) < 4.78 is 12.2. The van der Waals surface area contributed by atoms with Crippen molar-refractivity contribution in [3.8, 4) is 0 Å². The van der Waals surface area contributed by atoms with Gasteiger partial charge in [0.1, 0.15) is 5.56 Å². The second-order valence-corrected chi connectivity index (χ2v) is 5.64. The van der Waals surface area contributed by atoms with Crippen LogP contribution in [0.3, 0.4) is 0 Å². The average Bonchev–Trinajstić information content (AvgIpc) is 2.96. The largest absolute Gasteiger partial charge is 0.383 e. The van der Waals surface area contributed by atoms with E-state index >= 15 is 0 Å². The summed E-state index contributed by atoms with van der Waals surface area (Å²) in [6.07, 6.45) is 2.03. The summed E-state index contributed by atoms with van der Waals surface area (Å²) in [5.74, 6) is -0.347. The van der Waals surface area contributed by atoms with Gasteiger partial charge in [0, 0.05) is 26.0 Å². The third-order valence-electron chi connectivity index (χ3n) is 3.93. The van der Waals surface area contributed by atoms with E-state index in [1.54, 1.807) is 18.6 Å². The van der Waals surface area contributed by atoms with Crippen LogP contribution in [0, 0.1) is 13.8 Å². The normalized spacial score (nSPS) is 17.7. The molecule has 0 aromatic carbocycles. The van der Waals surface area contributed by atoms with Gasteiger partial charge in [-0.3, -0.25) is 9.59 Å². The van der Waals surface area contributed by atoms with E-state index in [2.05, 4.69) is 5.32 Å². The Hall–Kier alpha value is -1.66. The van der Waals surface area contributed by atoms with Gasteiger partial charge in [0.25, 0.3) is 11.5 Å². The molecule has 0 aliphatic carbocycles. The molecule has 1 aliphatic heterocycles. The fraction of sp³-hybridized carbons (Fsp3) is 0.625. The standard InChI is InChI=1S/C16H24N2O4/c1-11-9-12(2)18(10-13-5-4-7-22-13)16(20)14(11)15(19)17-6-8-21-3/h9,13H,4-8,10H2,1-3H3,(H,17,19)/t13-/m0/s1. The number of amides is 1. The molecule has 0 unspecified atom stereocenters. The zero-order chi connectivity index (χ0) is 16.1. The van der Waals surface area contributed by atoms with E-state index in [0.717, 1.165) is 25.1 Å². The molecule has 1 saturated heterocycles. The maximum absolute atomic E-state index is 12.7. The summed E-state index contributed by atoms with van der Waals surface area (Å²) in [7, 11) is 1.57. The quantitative estimate of drug-likeness (QED) is 0.797. The second-order valence-electron chi connectivity index (χ2n) is 5.64. The summed E-state index contributed by atoms with van der Waals surface area (Å²) in [6.45, 7) is 5.72. The van der Waals surface area contributed by atoms with E-state index in [4.69, 9.17) is 9.47 Å². The first-order chi connectivity index (χ1) is 10.5. The van der Waals surface area contributed by atoms with Crippen LogP contribution in [0.15, 0.2) is 10.9 Å². The van der Waals surface area contributed by atoms with Crippen LogP contribution in [0.2, 0.25) is 0 Å². The molecule has 0 saturated carbocycles. The molecule has 6 heteroatoms. The maximum atomic E-state index is 12.7. The SMILES string of the molecule is COCCNC(=O)c1c(C)cc(C)n(C[C@@H]2CCCO2)c1=O. The highest BCUT2D eigenvalue weighted by molar-refractivity contribution is 5.95. The number of nitrogens with zero attached hydrogens (tertiary/aromatic N) is 1. The number of nitrogens with one attached hydrogen (secondary N) is 1. The number of methoxy groups -OCH3 is 1. The maximum Gasteiger partial charge on any atom is 0.263 e. The highest BCUT2D eigenvalue weighted by Crippen LogP contribution is 2.15. The molecule has 6 nitrogen and oxygen atoms in total. The van der Waals surface area contributed by atoms with Gasteiger partial charge in [-0.1, -0.05) is 0 Å². The Morgan fingerprint density at radius 3 is 2.91 bits per heavy atom. The van der Waals surface area contributed by atoms with Crippen LogP contribution >= 0.6 is 0 Å². The minimum atomic E-state index is -0.347. The van der Waals surface area contributed by atoms with Crippen molar-refractivity contribution in [2.45, 2.75) is 39.3 Å². The number of carbonyl (C=O) groups excluding carboxylic acids is 1. The lowest BCUT2D eigenvalue weighted by molar-refractivity contribution is 0.0917. The first-order valence-electron chi connectivity index (χ1n) is 7.64. The van der Waals surface area contributed by atoms with Crippen molar-refractivity contribution in [2.24, 2.45) is 0 Å². The van der Waals surface area contributed by atoms with Gasteiger partial charge < -0.3 is 19.4 Å². The molecule has 1 amide bonds. The number of aryl methyl sites for hydroxylation is 2. The molecule has 1 aliphatic rings. The van der Waals surface area contributed by atoms with Crippen LogP contribution in [-0.2, 0) is 16.0 Å². The number of pyridine rings is 1. The minimum absolute atomic E-state index is 0.0588. The number of hydrogen-bond donors (Lipinski definition) is 1. The fourth-order valence-electron chi connectivity index (χ4n) is 2.78. The van der Waals surface area contributed by atoms with E-state index in [1.807, 2.05) is 13.0 Å². The van der Waals surface area contributed by atoms with Gasteiger partial charge in [0.05, 0.1) is 19.3 Å². The molecular formula is C16H24N2O4. The molecule has 1 aromatic rings. The van der Waals surface area contributed by atoms with Crippen LogP contribution in [0.4, 0.5) is 0 Å². The second kappa shape index (κ2) is 7.56. The fourth-order valence-corrected chi connectivity index (χ4v) is 2.78. The predicted octanol–water partition coefficient (Wildman–Crippen LogP) is 1.02. The zero-order valence-electron chi connectivity index (χ0n) is 13.5. The number of hydrogen-bond acceptors (Lipinski definition) is 4. The smallest absolute Gasteiger partial charge is 0.263 e. The molecule has 1 atom stereocenters. The third kappa shape index (κ3) is 3.75. The Bertz CT molecular complexity index is 589. The summed E-state index contributed by atoms with van der Waals surface area (Å²) in [5, 5.41) is 2.71. The molecule has 0 spiro atoms. The molecule has 1 aromatic heterocycles. The van der Waals surface area contributed by atoms with Crippen LogP contribution in [0.5, 0.6) is 0 Å². The summed E-state index contributed by atoms with van der Waals surface area (Å²) in [5.41, 5.74) is 1.51. The molecule has 1 N–H and O–H groups in total. The van der Waals surface area contributed by atoms with Gasteiger partial charge in [0.15, 0.2) is 0 Å². The Labute approximate surface area is 130 Å². The molecule has 1 fully saturated rings. The molecule has 0 radical (unpaired) electrons. The van der Waals surface area contributed by atoms with Gasteiger partial charge in [-0.15, -0.1) is 0 Å². The van der Waals surface area contributed by atoms with Crippen molar-refractivity contribution in [3.05, 3.63) is 33.2 Å². The molecule has 2 heterocycles. The van der Waals surface area contributed by atoms with Crippen molar-refractivity contribution in [1.29, 1.82) is 0 Å². The van der Waals surface area contributed by atoms with E-state index in [-0.39, 0.29) is 23.1 Å². The Morgan fingerprint density at radius 2 is 2.27 bits per heavy atom. The van der Waals surface area contributed by atoms with Gasteiger partial charge in [0.2, 0.25) is 0 Å². The molecule has 22 heavy (non-hydrogen) atoms. The lowest BCUT2D eigenvalue weighted by atomic mass is 10.1. The zero-order valence-corrected chi connectivity index (χ0v) is 13.5. The Morgan fingerprint density at radius 1 is 1.50 bits per heavy atom. The van der Waals surface area contributed by atoms with E-state index in [1.165, 1.54) is 0 Å². The van der Waals surface area contributed by atoms with Crippen molar-refractivity contribution in [1.82, 2.24) is 9.88 Å². The highest BCUT2D eigenvalue weighted by atomic mass is 16.5. The third-order valence-corrected chi connectivity index (χ3v) is 3.93. The van der Waals surface area contributed by atoms with E-state index in [0.29, 0.717) is 25.3 Å². The summed E-state index contributed by atoms with van der Waals surface area (Å²) in [4.78, 5) is 24.9. The number of aromatic nitrogens is 1. The van der Waals surface area contributed by atoms with Crippen LogP contribution in [-0.4, -0.2) is 43.4 Å². The van der Waals surface area contributed by atoms with E-state index in [9.17, 15) is 9.59 Å². The highest BCUT2D eigenvalue weighted by Gasteiger charge is 2.21. The summed E-state index contributed by atoms with van der Waals surface area (Å²) in [6, 6.07) is 1.88. The topological polar surface area (TPSA) is 69.6 Å². The first kappa shape index (κ1) is 16.7. The molecule has 2 rings (SSSR count). The van der Waals surface area contributed by atoms with Gasteiger partial charge >= 0.3 is 0 Å². The van der Waals surface area contributed by atoms with Crippen molar-refractivity contribution in [3.63, 3.8) is 0 Å². The van der Waals surface area contributed by atoms with Gasteiger partial charge in [-0.25, -0.2) is 0 Å². The van der Waals surface area contributed by atoms with Crippen LogP contribution in [0.25, 0.3) is 0 Å². The molecule has 122 valence electrons. The molecular weight excluding hydrogens is 284 g/mol. The first-order valence-corrected chi connectivity index (χ1v) is 7.64. The lowest BCUT2D eigenvalue weighted by Gasteiger charge is -2.17. The van der Waals surface area contributed by atoms with Crippen LogP contribution < -0.4 is 10.9 Å². The number of ether oxygens (including phenoxy) is 2. The van der Waals surface area contributed by atoms with Gasteiger partial charge in [-0.2, -0.15) is 0 Å². The van der Waals surface area contributed by atoms with Crippen LogP contribution in [0.1, 0.15) is 34.5 Å². The monoisotopic (exact) mass is 308 g/mol. The Balaban J connectivity index is 2.25. The minimum Gasteiger partial charge on any atom is -0.383 e. The average molecular weight is 308 g/mol. The number of rotatable bonds is 6. The predicted molar refractivity (Wildman–Crippen MR) is 83.4 cm³/mol. The van der Waals surface area contributed by atoms with Gasteiger partial charge in [-0.05, 0) is 38.3 Å². The summed E-state index contributed by atoms with van der Waals surface area (Å²) >= 11 is 0. The number of carbonyl (C=O) groups is 1. The molecule has 0 bridgehead atoms. The Kier molecular flexibility index (Phi) is 5.74. The lowest BCUT2D eigenvalue weighted by Crippen LogP contribution is -2.37. The van der Waals surface area contributed by atoms with Crippen molar-refractivity contribution < 1.29 is 14.3 Å². The van der Waals surface area contributed by atoms with E-state index < -0.39 is 0 Å².